The summed E-state index contributed by atoms with van der Waals surface area (Å²) in [5.41, 5.74) is 2.83. The molecule has 0 saturated heterocycles. The minimum absolute atomic E-state index is 0.0200. The van der Waals surface area contributed by atoms with Gasteiger partial charge in [-0.15, -0.1) is 15.3 Å². The molecule has 0 amide bonds. The highest BCUT2D eigenvalue weighted by Gasteiger charge is 2.16. The van der Waals surface area contributed by atoms with E-state index in [9.17, 15) is 27.4 Å². The van der Waals surface area contributed by atoms with Crippen LogP contribution in [0.25, 0.3) is 10.8 Å². The molecule has 0 unspecified atom stereocenters. The van der Waals surface area contributed by atoms with E-state index < -0.39 is 21.9 Å². The monoisotopic (exact) mass is 632 g/mol. The first-order chi connectivity index (χ1) is 21.5. The van der Waals surface area contributed by atoms with Gasteiger partial charge >= 0.3 is 6.08 Å². The summed E-state index contributed by atoms with van der Waals surface area (Å²) in [6.07, 6.45) is -1.20. The van der Waals surface area contributed by atoms with E-state index in [1.54, 1.807) is 43.4 Å². The first-order valence-corrected chi connectivity index (χ1v) is 15.1. The zero-order valence-electron chi connectivity index (χ0n) is 24.1. The average molecular weight is 633 g/mol. The molecule has 0 radical (unpaired) electrons. The Morgan fingerprint density at radius 3 is 2.24 bits per heavy atom. The molecule has 0 aliphatic rings. The third-order valence-corrected chi connectivity index (χ3v) is 8.48. The van der Waals surface area contributed by atoms with Crippen molar-refractivity contribution in [1.82, 2.24) is 9.97 Å². The fraction of sp³-hybridized carbons (Fsp3) is 0.133. The van der Waals surface area contributed by atoms with Gasteiger partial charge in [0.1, 0.15) is 28.6 Å². The van der Waals surface area contributed by atoms with Crippen molar-refractivity contribution in [2.45, 2.75) is 18.7 Å². The van der Waals surface area contributed by atoms with Crippen LogP contribution in [0, 0.1) is 18.9 Å². The molecule has 4 aromatic carbocycles. The van der Waals surface area contributed by atoms with E-state index in [1.807, 2.05) is 6.92 Å². The largest absolute Gasteiger partial charge is 0.506 e. The number of phenolic OH excluding ortho intramolecular Hbond substituents is 2. The van der Waals surface area contributed by atoms with Crippen molar-refractivity contribution in [3.8, 4) is 11.5 Å². The Morgan fingerprint density at radius 2 is 1.53 bits per heavy atom. The number of rotatable bonds is 9. The SMILES string of the molecule is CCS(=O)(=O)c1ccc(N=Nc2ccc3c(N=Nc4cc(Nc5cc(F)nc(F)n5)ccc4C)c(NC)ccc3c2O)c(O)c1. The number of aryl methyl sites for hydroxylation is 1. The highest BCUT2D eigenvalue weighted by Crippen LogP contribution is 2.43. The number of hydrogen-bond donors (Lipinski definition) is 4. The maximum absolute atomic E-state index is 13.5. The molecule has 0 aliphatic heterocycles. The summed E-state index contributed by atoms with van der Waals surface area (Å²) >= 11 is 0. The second-order valence-electron chi connectivity index (χ2n) is 9.67. The van der Waals surface area contributed by atoms with Crippen LogP contribution in [0.15, 0.2) is 92.1 Å². The number of nitrogens with one attached hydrogen (secondary N) is 2. The highest BCUT2D eigenvalue weighted by molar-refractivity contribution is 7.91. The van der Waals surface area contributed by atoms with E-state index in [2.05, 4.69) is 41.1 Å². The number of azo groups is 2. The van der Waals surface area contributed by atoms with E-state index in [4.69, 9.17) is 0 Å². The Bertz CT molecular complexity index is 2090. The van der Waals surface area contributed by atoms with Crippen molar-refractivity contribution >= 4 is 60.6 Å². The van der Waals surface area contributed by atoms with Crippen LogP contribution < -0.4 is 10.6 Å². The van der Waals surface area contributed by atoms with Gasteiger partial charge in [0.05, 0.1) is 22.0 Å². The number of anilines is 3. The van der Waals surface area contributed by atoms with Gasteiger partial charge in [-0.2, -0.15) is 23.9 Å². The Hall–Kier alpha value is -5.57. The molecule has 0 fully saturated rings. The van der Waals surface area contributed by atoms with E-state index >= 15 is 0 Å². The van der Waals surface area contributed by atoms with Gasteiger partial charge in [0, 0.05) is 35.6 Å². The predicted octanol–water partition coefficient (Wildman–Crippen LogP) is 8.04. The normalized spacial score (nSPS) is 11.9. The van der Waals surface area contributed by atoms with Gasteiger partial charge in [-0.3, -0.25) is 0 Å². The minimum atomic E-state index is -3.52. The van der Waals surface area contributed by atoms with Crippen LogP contribution in [0.2, 0.25) is 0 Å². The van der Waals surface area contributed by atoms with Crippen LogP contribution in [-0.4, -0.2) is 41.4 Å². The van der Waals surface area contributed by atoms with E-state index in [0.29, 0.717) is 33.5 Å². The molecule has 45 heavy (non-hydrogen) atoms. The lowest BCUT2D eigenvalue weighted by molar-refractivity contribution is 0.473. The van der Waals surface area contributed by atoms with Gasteiger partial charge in [-0.1, -0.05) is 13.0 Å². The van der Waals surface area contributed by atoms with Gasteiger partial charge in [-0.25, -0.2) is 8.42 Å². The van der Waals surface area contributed by atoms with Crippen LogP contribution in [0.1, 0.15) is 12.5 Å². The van der Waals surface area contributed by atoms with Crippen molar-refractivity contribution in [1.29, 1.82) is 0 Å². The maximum Gasteiger partial charge on any atom is 0.313 e. The van der Waals surface area contributed by atoms with Crippen molar-refractivity contribution in [2.24, 2.45) is 20.5 Å². The fourth-order valence-corrected chi connectivity index (χ4v) is 5.21. The number of aromatic hydroxyl groups is 2. The molecule has 0 atom stereocenters. The molecule has 0 aliphatic carbocycles. The Labute approximate surface area is 256 Å². The van der Waals surface area contributed by atoms with Gasteiger partial charge in [0.15, 0.2) is 15.6 Å². The van der Waals surface area contributed by atoms with E-state index in [0.717, 1.165) is 17.7 Å². The van der Waals surface area contributed by atoms with Crippen LogP contribution >= 0.6 is 0 Å². The summed E-state index contributed by atoms with van der Waals surface area (Å²) < 4.78 is 51.1. The number of nitrogens with zero attached hydrogens (tertiary/aromatic N) is 6. The lowest BCUT2D eigenvalue weighted by Gasteiger charge is -2.11. The van der Waals surface area contributed by atoms with Crippen LogP contribution in [0.5, 0.6) is 11.5 Å². The molecule has 1 aromatic heterocycles. The summed E-state index contributed by atoms with van der Waals surface area (Å²) in [7, 11) is -1.81. The third kappa shape index (κ3) is 6.67. The van der Waals surface area contributed by atoms with Crippen molar-refractivity contribution < 1.29 is 27.4 Å². The highest BCUT2D eigenvalue weighted by atomic mass is 32.2. The lowest BCUT2D eigenvalue weighted by Crippen LogP contribution is -2.02. The van der Waals surface area contributed by atoms with Crippen molar-refractivity contribution in [3.05, 3.63) is 84.3 Å². The van der Waals surface area contributed by atoms with Crippen LogP contribution in [0.4, 0.5) is 48.7 Å². The Balaban J connectivity index is 1.47. The second kappa shape index (κ2) is 12.6. The van der Waals surface area contributed by atoms with Crippen molar-refractivity contribution in [2.75, 3.05) is 23.4 Å². The summed E-state index contributed by atoms with van der Waals surface area (Å²) in [6, 6.07) is 16.4. The molecule has 230 valence electrons. The second-order valence-corrected chi connectivity index (χ2v) is 11.9. The Kier molecular flexibility index (Phi) is 8.63. The average Bonchev–Trinajstić information content (AvgIpc) is 3.00. The molecular weight excluding hydrogens is 606 g/mol. The standard InChI is InChI=1S/C30H26F2N8O4S/c1-4-45(43,44)18-7-10-21(25(41)14-18)37-38-23-12-8-19-20(29(23)42)9-11-22(33-3)28(19)40-39-24-13-17(6-5-16(24)2)34-27-15-26(31)35-30(32)36-27/h5-15,33,41-42H,4H2,1-3H3,(H,34,35,36). The number of aromatic nitrogens is 2. The van der Waals surface area contributed by atoms with Gasteiger partial charge in [0.25, 0.3) is 0 Å². The van der Waals surface area contributed by atoms with Crippen molar-refractivity contribution in [3.63, 3.8) is 0 Å². The number of sulfone groups is 1. The zero-order chi connectivity index (χ0) is 32.3. The molecule has 0 saturated carbocycles. The maximum atomic E-state index is 13.5. The van der Waals surface area contributed by atoms with E-state index in [1.165, 1.54) is 25.1 Å². The van der Waals surface area contributed by atoms with Crippen LogP contribution in [0.3, 0.4) is 0 Å². The molecule has 4 N–H and O–H groups in total. The van der Waals surface area contributed by atoms with Crippen LogP contribution in [-0.2, 0) is 9.84 Å². The lowest BCUT2D eigenvalue weighted by atomic mass is 10.1. The molecule has 12 nitrogen and oxygen atoms in total. The quantitative estimate of drug-likeness (QED) is 0.0717. The summed E-state index contributed by atoms with van der Waals surface area (Å²) in [5, 5.41) is 45.1. The number of phenols is 2. The van der Waals surface area contributed by atoms with Gasteiger partial charge in [0.2, 0.25) is 5.95 Å². The molecule has 1 heterocycles. The minimum Gasteiger partial charge on any atom is -0.506 e. The third-order valence-electron chi connectivity index (χ3n) is 6.75. The molecular formula is C30H26F2N8O4S. The van der Waals surface area contributed by atoms with Gasteiger partial charge in [-0.05, 0) is 61.0 Å². The number of benzene rings is 4. The molecule has 5 rings (SSSR count). The van der Waals surface area contributed by atoms with Gasteiger partial charge < -0.3 is 20.8 Å². The first kappa shape index (κ1) is 30.9. The number of halogens is 2. The molecule has 15 heteroatoms. The molecule has 0 bridgehead atoms. The topological polar surface area (TPSA) is 174 Å². The number of fused-ring (bicyclic) bond motifs is 1. The summed E-state index contributed by atoms with van der Waals surface area (Å²) in [6.45, 7) is 3.32. The summed E-state index contributed by atoms with van der Waals surface area (Å²) in [5.74, 6) is -1.78. The first-order valence-electron chi connectivity index (χ1n) is 13.4. The molecule has 0 spiro atoms. The predicted molar refractivity (Wildman–Crippen MR) is 166 cm³/mol. The number of hydrogen-bond acceptors (Lipinski definition) is 12. The Morgan fingerprint density at radius 1 is 0.822 bits per heavy atom. The molecule has 5 aromatic rings. The fourth-order valence-electron chi connectivity index (χ4n) is 4.31. The van der Waals surface area contributed by atoms with E-state index in [-0.39, 0.29) is 39.3 Å². The smallest absolute Gasteiger partial charge is 0.313 e. The summed E-state index contributed by atoms with van der Waals surface area (Å²) in [4.78, 5) is 6.48. The zero-order valence-corrected chi connectivity index (χ0v) is 24.9.